The highest BCUT2D eigenvalue weighted by Gasteiger charge is 2.22. The zero-order valence-electron chi connectivity index (χ0n) is 15.1. The van der Waals surface area contributed by atoms with Gasteiger partial charge >= 0.3 is 5.88 Å². The molecular weight excluding hydrogens is 384 g/mol. The standard InChI is InChI=1S/C17H18N6O4S/c1-21-16(25)12-4-2-3-5-13(12)18-17(21)28-11-14(24)19-15-10-23(20-27-15)22-6-8-26-9-7-22/h2-5,10H,6-9,11H2,1H3. The summed E-state index contributed by atoms with van der Waals surface area (Å²) < 4.78 is 11.8. The van der Waals surface area contributed by atoms with E-state index in [2.05, 4.69) is 15.2 Å². The Morgan fingerprint density at radius 3 is 2.96 bits per heavy atom. The summed E-state index contributed by atoms with van der Waals surface area (Å²) in [6.07, 6.45) is 1.55. The molecule has 0 N–H and O–H groups in total. The summed E-state index contributed by atoms with van der Waals surface area (Å²) >= 11 is 1.15. The zero-order valence-corrected chi connectivity index (χ0v) is 16.0. The van der Waals surface area contributed by atoms with Crippen LogP contribution in [0.5, 0.6) is 0 Å². The molecule has 0 amide bonds. The number of thioether (sulfide) groups is 1. The smallest absolute Gasteiger partial charge is 0.324 e. The van der Waals surface area contributed by atoms with E-state index in [1.165, 1.54) is 9.36 Å². The van der Waals surface area contributed by atoms with Gasteiger partial charge in [0.1, 0.15) is 0 Å². The van der Waals surface area contributed by atoms with Crippen LogP contribution in [-0.2, 0) is 11.8 Å². The summed E-state index contributed by atoms with van der Waals surface area (Å²) in [4.78, 5) is 22.3. The summed E-state index contributed by atoms with van der Waals surface area (Å²) in [5.74, 6) is -0.258. The van der Waals surface area contributed by atoms with E-state index in [1.54, 1.807) is 31.4 Å². The lowest BCUT2D eigenvalue weighted by molar-refractivity contribution is -0.759. The van der Waals surface area contributed by atoms with Gasteiger partial charge in [0.25, 0.3) is 11.8 Å². The summed E-state index contributed by atoms with van der Waals surface area (Å²) in [6.45, 7) is 2.59. The zero-order chi connectivity index (χ0) is 19.5. The molecule has 0 bridgehead atoms. The second-order valence-electron chi connectivity index (χ2n) is 6.10. The first-order valence-electron chi connectivity index (χ1n) is 8.66. The highest BCUT2D eigenvalue weighted by atomic mass is 32.2. The van der Waals surface area contributed by atoms with E-state index >= 15 is 0 Å². The van der Waals surface area contributed by atoms with Crippen molar-refractivity contribution < 1.29 is 19.2 Å². The minimum Gasteiger partial charge on any atom is -0.861 e. The Kier molecular flexibility index (Phi) is 5.26. The van der Waals surface area contributed by atoms with Crippen molar-refractivity contribution in [3.8, 4) is 0 Å². The fourth-order valence-corrected chi connectivity index (χ4v) is 3.54. The van der Waals surface area contributed by atoms with Crippen LogP contribution in [0.3, 0.4) is 0 Å². The first kappa shape index (κ1) is 18.4. The van der Waals surface area contributed by atoms with Gasteiger partial charge in [-0.3, -0.25) is 13.9 Å². The first-order chi connectivity index (χ1) is 13.6. The molecule has 1 aliphatic rings. The van der Waals surface area contributed by atoms with Gasteiger partial charge in [0.2, 0.25) is 5.27 Å². The summed E-state index contributed by atoms with van der Waals surface area (Å²) in [5.41, 5.74) is 0.443. The topological polar surface area (TPSA) is 113 Å². The van der Waals surface area contributed by atoms with E-state index < -0.39 is 5.90 Å². The summed E-state index contributed by atoms with van der Waals surface area (Å²) in [6, 6.07) is 7.11. The number of nitrogens with zero attached hydrogens (tertiary/aromatic N) is 6. The van der Waals surface area contributed by atoms with Gasteiger partial charge < -0.3 is 9.84 Å². The van der Waals surface area contributed by atoms with Gasteiger partial charge in [-0.15, -0.1) is 5.01 Å². The first-order valence-corrected chi connectivity index (χ1v) is 9.65. The maximum absolute atomic E-state index is 12.4. The van der Waals surface area contributed by atoms with Crippen molar-refractivity contribution in [1.29, 1.82) is 0 Å². The number of fused-ring (bicyclic) bond motifs is 1. The quantitative estimate of drug-likeness (QED) is 0.182. The molecule has 0 spiro atoms. The van der Waals surface area contributed by atoms with Gasteiger partial charge in [-0.05, 0) is 18.0 Å². The number of ether oxygens (including phenoxy) is 1. The molecule has 146 valence electrons. The lowest BCUT2D eigenvalue weighted by atomic mass is 10.2. The molecule has 11 heteroatoms. The number of para-hydroxylation sites is 1. The third-order valence-corrected chi connectivity index (χ3v) is 5.24. The van der Waals surface area contributed by atoms with E-state index in [0.29, 0.717) is 42.4 Å². The van der Waals surface area contributed by atoms with Crippen molar-refractivity contribution in [2.45, 2.75) is 5.16 Å². The van der Waals surface area contributed by atoms with Crippen LogP contribution < -0.4 is 20.5 Å². The van der Waals surface area contributed by atoms with Crippen molar-refractivity contribution in [2.75, 3.05) is 37.1 Å². The molecular formula is C17H18N6O4S. The van der Waals surface area contributed by atoms with E-state index in [1.807, 2.05) is 11.1 Å². The second kappa shape index (κ2) is 7.98. The maximum atomic E-state index is 12.4. The van der Waals surface area contributed by atoms with E-state index in [0.717, 1.165) is 11.8 Å². The van der Waals surface area contributed by atoms with Crippen LogP contribution >= 0.6 is 11.8 Å². The predicted molar refractivity (Wildman–Crippen MR) is 100 cm³/mol. The minimum absolute atomic E-state index is 0.0247. The van der Waals surface area contributed by atoms with E-state index in [9.17, 15) is 9.90 Å². The molecule has 2 aromatic heterocycles. The number of hydrogen-bond acceptors (Lipinski definition) is 9. The Morgan fingerprint density at radius 1 is 1.36 bits per heavy atom. The monoisotopic (exact) mass is 402 g/mol. The highest BCUT2D eigenvalue weighted by Crippen LogP contribution is 2.17. The van der Waals surface area contributed by atoms with Gasteiger partial charge in [-0.25, -0.2) is 9.98 Å². The van der Waals surface area contributed by atoms with Crippen LogP contribution in [0.25, 0.3) is 10.9 Å². The fraction of sp³-hybridized carbons (Fsp3) is 0.353. The molecule has 28 heavy (non-hydrogen) atoms. The summed E-state index contributed by atoms with van der Waals surface area (Å²) in [5, 5.41) is 19.0. The molecule has 3 heterocycles. The molecule has 0 unspecified atom stereocenters. The largest absolute Gasteiger partial charge is 0.861 e. The number of aliphatic imine (C=N–C) groups is 1. The molecule has 1 aromatic carbocycles. The van der Waals surface area contributed by atoms with Crippen molar-refractivity contribution in [2.24, 2.45) is 12.0 Å². The third kappa shape index (κ3) is 3.85. The van der Waals surface area contributed by atoms with Gasteiger partial charge in [0.15, 0.2) is 5.16 Å². The lowest BCUT2D eigenvalue weighted by Crippen LogP contribution is -2.62. The predicted octanol–water partition coefficient (Wildman–Crippen LogP) is -0.640. The number of hydrogen-bond donors (Lipinski definition) is 0. The Labute approximate surface area is 164 Å². The average Bonchev–Trinajstić information content (AvgIpc) is 3.19. The summed E-state index contributed by atoms with van der Waals surface area (Å²) in [7, 11) is 1.63. The number of rotatable bonds is 5. The van der Waals surface area contributed by atoms with Crippen LogP contribution in [0.2, 0.25) is 0 Å². The highest BCUT2D eigenvalue weighted by molar-refractivity contribution is 7.99. The number of benzene rings is 1. The fourth-order valence-electron chi connectivity index (χ4n) is 2.78. The number of aromatic nitrogens is 4. The van der Waals surface area contributed by atoms with Crippen LogP contribution in [0.1, 0.15) is 0 Å². The molecule has 0 atom stereocenters. The molecule has 1 aliphatic heterocycles. The second-order valence-corrected chi connectivity index (χ2v) is 7.04. The Hall–Kier alpha value is -2.92. The van der Waals surface area contributed by atoms with Crippen LogP contribution in [-0.4, -0.2) is 52.8 Å². The van der Waals surface area contributed by atoms with Crippen LogP contribution in [0.15, 0.2) is 49.9 Å². The average molecular weight is 402 g/mol. The molecule has 3 aromatic rings. The molecule has 0 saturated carbocycles. The SMILES string of the molecule is Cn1c(SC/C([O-])=N\c2c[n+](N3CCOCC3)no2)nc2ccccc2c1=O. The Balaban J connectivity index is 1.46. The van der Waals surface area contributed by atoms with Gasteiger partial charge in [0, 0.05) is 12.8 Å². The molecule has 1 fully saturated rings. The Bertz CT molecular complexity index is 1070. The van der Waals surface area contributed by atoms with Crippen molar-refractivity contribution in [3.05, 3.63) is 40.8 Å². The van der Waals surface area contributed by atoms with Crippen molar-refractivity contribution in [1.82, 2.24) is 14.8 Å². The molecule has 10 nitrogen and oxygen atoms in total. The maximum Gasteiger partial charge on any atom is 0.324 e. The molecule has 4 rings (SSSR count). The van der Waals surface area contributed by atoms with Gasteiger partial charge in [0.05, 0.1) is 42.0 Å². The van der Waals surface area contributed by atoms with Crippen LogP contribution in [0.4, 0.5) is 5.88 Å². The lowest BCUT2D eigenvalue weighted by Gasteiger charge is -2.18. The molecule has 1 saturated heterocycles. The van der Waals surface area contributed by atoms with Gasteiger partial charge in [-0.1, -0.05) is 23.9 Å². The van der Waals surface area contributed by atoms with Crippen molar-refractivity contribution >= 4 is 34.4 Å². The molecule has 0 radical (unpaired) electrons. The number of morpholine rings is 1. The Morgan fingerprint density at radius 2 is 2.14 bits per heavy atom. The molecule has 0 aliphatic carbocycles. The normalized spacial score (nSPS) is 15.3. The minimum atomic E-state index is -0.405. The van der Waals surface area contributed by atoms with Crippen molar-refractivity contribution in [3.63, 3.8) is 0 Å². The van der Waals surface area contributed by atoms with E-state index in [4.69, 9.17) is 9.26 Å². The third-order valence-electron chi connectivity index (χ3n) is 4.22. The van der Waals surface area contributed by atoms with Gasteiger partial charge in [-0.2, -0.15) is 0 Å². The van der Waals surface area contributed by atoms with Crippen LogP contribution in [0, 0.1) is 0 Å². The van der Waals surface area contributed by atoms with E-state index in [-0.39, 0.29) is 17.2 Å².